The highest BCUT2D eigenvalue weighted by atomic mass is 32.1. The van der Waals surface area contributed by atoms with E-state index in [1.165, 1.54) is 6.07 Å². The summed E-state index contributed by atoms with van der Waals surface area (Å²) in [4.78, 5) is 4.07. The number of rotatable bonds is 2. The van der Waals surface area contributed by atoms with Crippen LogP contribution in [-0.2, 0) is 6.18 Å². The second kappa shape index (κ2) is 6.13. The van der Waals surface area contributed by atoms with Crippen LogP contribution >= 0.6 is 13.5 Å². The Hall–Kier alpha value is -1.08. The number of anilines is 2. The Balaban J connectivity index is 0.00000200. The smallest absolute Gasteiger partial charge is 0.398 e. The molecule has 2 rings (SSSR count). The lowest BCUT2D eigenvalue weighted by atomic mass is 10.1. The lowest BCUT2D eigenvalue weighted by Gasteiger charge is -2.23. The van der Waals surface area contributed by atoms with Crippen LogP contribution in [0, 0.1) is 0 Å². The van der Waals surface area contributed by atoms with E-state index in [1.54, 1.807) is 6.07 Å². The van der Waals surface area contributed by atoms with E-state index >= 15 is 0 Å². The van der Waals surface area contributed by atoms with Crippen molar-refractivity contribution >= 4 is 24.9 Å². The molecule has 0 saturated carbocycles. The fourth-order valence-electron chi connectivity index (χ4n) is 2.38. The van der Waals surface area contributed by atoms with Crippen molar-refractivity contribution in [1.29, 1.82) is 0 Å². The van der Waals surface area contributed by atoms with Gasteiger partial charge in [0.1, 0.15) is 0 Å². The molecular formula is C13H20F3N3S. The van der Waals surface area contributed by atoms with E-state index in [9.17, 15) is 13.2 Å². The van der Waals surface area contributed by atoms with E-state index in [4.69, 9.17) is 5.73 Å². The van der Waals surface area contributed by atoms with Crippen molar-refractivity contribution in [2.45, 2.75) is 18.6 Å². The van der Waals surface area contributed by atoms with Crippen LogP contribution in [0.2, 0.25) is 0 Å². The third-order valence-corrected chi connectivity index (χ3v) is 3.60. The minimum absolute atomic E-state index is 0. The molecule has 1 fully saturated rings. The highest BCUT2D eigenvalue weighted by Gasteiger charge is 2.34. The van der Waals surface area contributed by atoms with Crippen molar-refractivity contribution in [2.75, 3.05) is 37.8 Å². The first kappa shape index (κ1) is 17.0. The maximum Gasteiger partial charge on any atom is 0.418 e. The van der Waals surface area contributed by atoms with E-state index in [2.05, 4.69) is 4.90 Å². The molecule has 1 aromatic rings. The zero-order chi connectivity index (χ0) is 14.2. The molecule has 0 unspecified atom stereocenters. The normalized spacial score (nSPS) is 19.3. The van der Waals surface area contributed by atoms with Gasteiger partial charge in [-0.25, -0.2) is 0 Å². The Bertz CT molecular complexity index is 463. The number of nitrogens with zero attached hydrogens (tertiary/aromatic N) is 2. The van der Waals surface area contributed by atoms with Crippen molar-refractivity contribution in [3.63, 3.8) is 0 Å². The van der Waals surface area contributed by atoms with Crippen LogP contribution in [0.1, 0.15) is 12.0 Å². The van der Waals surface area contributed by atoms with Crippen molar-refractivity contribution in [2.24, 2.45) is 0 Å². The second-order valence-corrected chi connectivity index (χ2v) is 5.12. The third-order valence-electron chi connectivity index (χ3n) is 3.60. The third kappa shape index (κ3) is 3.52. The van der Waals surface area contributed by atoms with Gasteiger partial charge in [-0.1, -0.05) is 0 Å². The van der Waals surface area contributed by atoms with Crippen LogP contribution in [0.3, 0.4) is 0 Å². The number of alkyl halides is 3. The summed E-state index contributed by atoms with van der Waals surface area (Å²) >= 11 is 0. The lowest BCUT2D eigenvalue weighted by molar-refractivity contribution is -0.136. The fourth-order valence-corrected chi connectivity index (χ4v) is 2.38. The molecule has 1 atom stereocenters. The molecule has 1 heterocycles. The van der Waals surface area contributed by atoms with Crippen molar-refractivity contribution in [3.05, 3.63) is 23.8 Å². The molecule has 1 saturated heterocycles. The van der Waals surface area contributed by atoms with Crippen LogP contribution in [0.15, 0.2) is 18.2 Å². The molecule has 0 spiro atoms. The summed E-state index contributed by atoms with van der Waals surface area (Å²) in [6, 6.07) is 4.52. The lowest BCUT2D eigenvalue weighted by Crippen LogP contribution is -2.31. The van der Waals surface area contributed by atoms with Crippen molar-refractivity contribution in [3.8, 4) is 0 Å². The average Bonchev–Trinajstić information content (AvgIpc) is 2.77. The molecule has 1 aliphatic rings. The van der Waals surface area contributed by atoms with Gasteiger partial charge in [-0.15, -0.1) is 0 Å². The zero-order valence-electron chi connectivity index (χ0n) is 11.5. The summed E-state index contributed by atoms with van der Waals surface area (Å²) in [7, 11) is 3.97. The van der Waals surface area contributed by atoms with E-state index in [0.717, 1.165) is 25.6 Å². The van der Waals surface area contributed by atoms with E-state index in [0.29, 0.717) is 11.7 Å². The fraction of sp³-hybridized carbons (Fsp3) is 0.538. The monoisotopic (exact) mass is 307 g/mol. The predicted molar refractivity (Wildman–Crippen MR) is 80.5 cm³/mol. The Kier molecular flexibility index (Phi) is 5.21. The number of nitrogen functional groups attached to an aromatic ring is 1. The van der Waals surface area contributed by atoms with Crippen LogP contribution in [0.5, 0.6) is 0 Å². The molecule has 1 aromatic carbocycles. The molecule has 7 heteroatoms. The molecular weight excluding hydrogens is 287 g/mol. The molecule has 114 valence electrons. The van der Waals surface area contributed by atoms with Crippen LogP contribution in [-0.4, -0.2) is 38.1 Å². The van der Waals surface area contributed by atoms with E-state index in [1.807, 2.05) is 19.0 Å². The van der Waals surface area contributed by atoms with Gasteiger partial charge in [0.15, 0.2) is 0 Å². The summed E-state index contributed by atoms with van der Waals surface area (Å²) in [6.45, 7) is 1.51. The number of hydrogen-bond acceptors (Lipinski definition) is 3. The number of hydrogen-bond donors (Lipinski definition) is 1. The first-order chi connectivity index (χ1) is 8.79. The van der Waals surface area contributed by atoms with Crippen LogP contribution < -0.4 is 10.6 Å². The largest absolute Gasteiger partial charge is 0.418 e. The summed E-state index contributed by atoms with van der Waals surface area (Å²) in [5.41, 5.74) is 5.02. The molecule has 0 radical (unpaired) electrons. The van der Waals surface area contributed by atoms with Crippen molar-refractivity contribution in [1.82, 2.24) is 4.90 Å². The molecule has 2 N–H and O–H groups in total. The summed E-state index contributed by atoms with van der Waals surface area (Å²) in [5.74, 6) is 0. The Morgan fingerprint density at radius 2 is 1.95 bits per heavy atom. The molecule has 0 aromatic heterocycles. The Labute approximate surface area is 124 Å². The highest BCUT2D eigenvalue weighted by Crippen LogP contribution is 2.36. The molecule has 0 aliphatic carbocycles. The van der Waals surface area contributed by atoms with Crippen LogP contribution in [0.4, 0.5) is 24.5 Å². The summed E-state index contributed by atoms with van der Waals surface area (Å²) in [6.07, 6.45) is -3.44. The molecule has 20 heavy (non-hydrogen) atoms. The van der Waals surface area contributed by atoms with Gasteiger partial charge < -0.3 is 15.5 Å². The van der Waals surface area contributed by atoms with E-state index < -0.39 is 11.7 Å². The molecule has 1 aliphatic heterocycles. The predicted octanol–water partition coefficient (Wildman–Crippen LogP) is 2.54. The zero-order valence-corrected chi connectivity index (χ0v) is 12.5. The van der Waals surface area contributed by atoms with Gasteiger partial charge in [0.25, 0.3) is 0 Å². The minimum atomic E-state index is -4.40. The highest BCUT2D eigenvalue weighted by molar-refractivity contribution is 7.59. The van der Waals surface area contributed by atoms with Crippen molar-refractivity contribution < 1.29 is 13.2 Å². The Morgan fingerprint density at radius 3 is 2.45 bits per heavy atom. The maximum atomic E-state index is 12.8. The summed E-state index contributed by atoms with van der Waals surface area (Å²) < 4.78 is 38.4. The van der Waals surface area contributed by atoms with Gasteiger partial charge >= 0.3 is 6.18 Å². The standard InChI is InChI=1S/C13H18F3N3.H2S/c1-18(2)10-5-6-19(8-10)9-3-4-12(17)11(7-9)13(14,15)16;/h3-4,7,10H,5-6,8,17H2,1-2H3;1H2/t10-;/m0./s1. The van der Waals surface area contributed by atoms with Gasteiger partial charge in [0.2, 0.25) is 0 Å². The van der Waals surface area contributed by atoms with Gasteiger partial charge in [-0.05, 0) is 38.7 Å². The number of nitrogens with two attached hydrogens (primary N) is 1. The number of benzene rings is 1. The summed E-state index contributed by atoms with van der Waals surface area (Å²) in [5, 5.41) is 0. The first-order valence-corrected chi connectivity index (χ1v) is 6.17. The van der Waals surface area contributed by atoms with Gasteiger partial charge in [-0.2, -0.15) is 26.7 Å². The number of halogens is 3. The topological polar surface area (TPSA) is 32.5 Å². The second-order valence-electron chi connectivity index (χ2n) is 5.12. The molecule has 0 bridgehead atoms. The Morgan fingerprint density at radius 1 is 1.30 bits per heavy atom. The quantitative estimate of drug-likeness (QED) is 0.852. The van der Waals surface area contributed by atoms with E-state index in [-0.39, 0.29) is 19.2 Å². The minimum Gasteiger partial charge on any atom is -0.398 e. The van der Waals surface area contributed by atoms with Gasteiger partial charge in [-0.3, -0.25) is 0 Å². The van der Waals surface area contributed by atoms with Gasteiger partial charge in [0.05, 0.1) is 5.56 Å². The SMILES string of the molecule is CN(C)[C@H]1CCN(c2ccc(N)c(C(F)(F)F)c2)C1.S. The first-order valence-electron chi connectivity index (χ1n) is 6.17. The molecule has 3 nitrogen and oxygen atoms in total. The molecule has 0 amide bonds. The average molecular weight is 307 g/mol. The maximum absolute atomic E-state index is 12.8. The van der Waals surface area contributed by atoms with Gasteiger partial charge in [0, 0.05) is 30.5 Å². The number of likely N-dealkylation sites (N-methyl/N-ethyl adjacent to an activating group) is 1. The van der Waals surface area contributed by atoms with Crippen LogP contribution in [0.25, 0.3) is 0 Å².